The minimum absolute atomic E-state index is 0.550. The molecule has 1 N–H and O–H groups in total. The van der Waals surface area contributed by atoms with E-state index in [1.165, 1.54) is 24.1 Å². The second kappa shape index (κ2) is 5.41. The zero-order valence-corrected chi connectivity index (χ0v) is 12.1. The minimum Gasteiger partial charge on any atom is -0.455 e. The lowest BCUT2D eigenvalue weighted by Crippen LogP contribution is -2.40. The molecule has 0 amide bonds. The first-order valence-electron chi connectivity index (χ1n) is 7.76. The maximum absolute atomic E-state index is 6.17. The van der Waals surface area contributed by atoms with Crippen LogP contribution in [-0.2, 0) is 0 Å². The predicted molar refractivity (Wildman–Crippen MR) is 85.4 cm³/mol. The molecule has 3 heteroatoms. The second-order valence-electron chi connectivity index (χ2n) is 5.78. The average molecular weight is 280 g/mol. The van der Waals surface area contributed by atoms with Crippen molar-refractivity contribution < 1.29 is 4.74 Å². The Morgan fingerprint density at radius 2 is 2.00 bits per heavy atom. The normalized spacial score (nSPS) is 21.6. The van der Waals surface area contributed by atoms with Gasteiger partial charge in [0.25, 0.3) is 0 Å². The number of piperidine rings is 1. The van der Waals surface area contributed by atoms with Gasteiger partial charge in [0.15, 0.2) is 5.75 Å². The van der Waals surface area contributed by atoms with Gasteiger partial charge < -0.3 is 15.0 Å². The van der Waals surface area contributed by atoms with Crippen molar-refractivity contribution in [2.75, 3.05) is 18.0 Å². The van der Waals surface area contributed by atoms with Gasteiger partial charge in [-0.1, -0.05) is 24.3 Å². The highest BCUT2D eigenvalue weighted by atomic mass is 16.5. The lowest BCUT2D eigenvalue weighted by molar-refractivity contribution is 0.432. The smallest absolute Gasteiger partial charge is 0.151 e. The molecule has 4 rings (SSSR count). The van der Waals surface area contributed by atoms with Crippen LogP contribution in [0, 0.1) is 0 Å². The number of hydrogen-bond acceptors (Lipinski definition) is 3. The largest absolute Gasteiger partial charge is 0.455 e. The van der Waals surface area contributed by atoms with Gasteiger partial charge in [0.05, 0.1) is 5.69 Å². The third-order valence-corrected chi connectivity index (χ3v) is 4.40. The Bertz CT molecular complexity index is 624. The molecule has 3 aliphatic rings. The number of nitrogens with one attached hydrogen (secondary N) is 1. The van der Waals surface area contributed by atoms with Crippen molar-refractivity contribution >= 4 is 5.69 Å². The lowest BCUT2D eigenvalue weighted by Gasteiger charge is -2.34. The highest BCUT2D eigenvalue weighted by molar-refractivity contribution is 5.65. The molecule has 1 saturated heterocycles. The van der Waals surface area contributed by atoms with E-state index in [1.807, 2.05) is 6.07 Å². The molecule has 1 aliphatic carbocycles. The minimum atomic E-state index is 0.550. The van der Waals surface area contributed by atoms with E-state index in [1.54, 1.807) is 0 Å². The highest BCUT2D eigenvalue weighted by Crippen LogP contribution is 2.38. The van der Waals surface area contributed by atoms with Gasteiger partial charge in [-0.15, -0.1) is 0 Å². The van der Waals surface area contributed by atoms with Crippen LogP contribution >= 0.6 is 0 Å². The third-order valence-electron chi connectivity index (χ3n) is 4.40. The molecule has 0 spiro atoms. The molecule has 108 valence electrons. The predicted octanol–water partition coefficient (Wildman–Crippen LogP) is 3.37. The summed E-state index contributed by atoms with van der Waals surface area (Å²) in [5.41, 5.74) is 2.46. The van der Waals surface area contributed by atoms with Gasteiger partial charge in [-0.25, -0.2) is 0 Å². The summed E-state index contributed by atoms with van der Waals surface area (Å²) >= 11 is 0. The SMILES string of the molecule is C1=CCC2=CN(C3CCNCC3)c3ccccc3OC2=C1. The first-order chi connectivity index (χ1) is 10.4. The topological polar surface area (TPSA) is 24.5 Å². The van der Waals surface area contributed by atoms with Crippen LogP contribution in [0.3, 0.4) is 0 Å². The summed E-state index contributed by atoms with van der Waals surface area (Å²) in [6.45, 7) is 2.19. The maximum atomic E-state index is 6.17. The molecule has 0 unspecified atom stereocenters. The van der Waals surface area contributed by atoms with Crippen LogP contribution in [0.4, 0.5) is 5.69 Å². The van der Waals surface area contributed by atoms with E-state index in [2.05, 4.69) is 52.8 Å². The Morgan fingerprint density at radius 1 is 1.14 bits per heavy atom. The zero-order chi connectivity index (χ0) is 14.1. The fraction of sp³-hybridized carbons (Fsp3) is 0.333. The molecular weight excluding hydrogens is 260 g/mol. The summed E-state index contributed by atoms with van der Waals surface area (Å²) in [5, 5.41) is 3.45. The van der Waals surface area contributed by atoms with E-state index in [4.69, 9.17) is 4.74 Å². The maximum Gasteiger partial charge on any atom is 0.151 e. The molecule has 2 heterocycles. The number of fused-ring (bicyclic) bond motifs is 2. The van der Waals surface area contributed by atoms with E-state index in [0.29, 0.717) is 6.04 Å². The van der Waals surface area contributed by atoms with Crippen molar-refractivity contribution in [3.8, 4) is 5.75 Å². The van der Waals surface area contributed by atoms with Gasteiger partial charge >= 0.3 is 0 Å². The summed E-state index contributed by atoms with van der Waals surface area (Å²) in [5.74, 6) is 1.95. The van der Waals surface area contributed by atoms with Crippen molar-refractivity contribution in [3.63, 3.8) is 0 Å². The molecule has 1 aromatic rings. The summed E-state index contributed by atoms with van der Waals surface area (Å²) in [6.07, 6.45) is 11.9. The highest BCUT2D eigenvalue weighted by Gasteiger charge is 2.26. The first kappa shape index (κ1) is 12.7. The van der Waals surface area contributed by atoms with Crippen molar-refractivity contribution in [2.45, 2.75) is 25.3 Å². The first-order valence-corrected chi connectivity index (χ1v) is 7.76. The van der Waals surface area contributed by atoms with Gasteiger partial charge in [0, 0.05) is 17.8 Å². The Morgan fingerprint density at radius 3 is 2.90 bits per heavy atom. The van der Waals surface area contributed by atoms with Gasteiger partial charge in [0.1, 0.15) is 5.76 Å². The van der Waals surface area contributed by atoms with Crippen LogP contribution in [0.25, 0.3) is 0 Å². The number of para-hydroxylation sites is 2. The Balaban J connectivity index is 1.79. The van der Waals surface area contributed by atoms with Crippen LogP contribution in [0.5, 0.6) is 5.75 Å². The van der Waals surface area contributed by atoms with E-state index < -0.39 is 0 Å². The lowest BCUT2D eigenvalue weighted by atomic mass is 10.0. The molecule has 0 atom stereocenters. The summed E-state index contributed by atoms with van der Waals surface area (Å²) < 4.78 is 6.17. The number of rotatable bonds is 1. The van der Waals surface area contributed by atoms with E-state index in [9.17, 15) is 0 Å². The number of nitrogens with zero attached hydrogens (tertiary/aromatic N) is 1. The quantitative estimate of drug-likeness (QED) is 0.853. The number of ether oxygens (including phenoxy) is 1. The molecule has 2 aliphatic heterocycles. The van der Waals surface area contributed by atoms with Crippen molar-refractivity contribution in [1.29, 1.82) is 0 Å². The van der Waals surface area contributed by atoms with Crippen LogP contribution < -0.4 is 15.0 Å². The molecular formula is C18H20N2O. The van der Waals surface area contributed by atoms with E-state index in [-0.39, 0.29) is 0 Å². The van der Waals surface area contributed by atoms with Crippen LogP contribution in [0.15, 0.2) is 60.0 Å². The standard InChI is InChI=1S/C18H20N2O/c1-3-7-17-14(5-1)13-20(15-9-11-19-12-10-15)16-6-2-4-8-18(16)21-17/h1-4,6-8,13,15,19H,5,9-12H2. The van der Waals surface area contributed by atoms with Crippen LogP contribution in [0.2, 0.25) is 0 Å². The fourth-order valence-corrected chi connectivity index (χ4v) is 3.27. The Labute approximate surface area is 125 Å². The van der Waals surface area contributed by atoms with Crippen molar-refractivity contribution in [1.82, 2.24) is 5.32 Å². The summed E-state index contributed by atoms with van der Waals surface area (Å²) in [7, 11) is 0. The van der Waals surface area contributed by atoms with Crippen LogP contribution in [-0.4, -0.2) is 19.1 Å². The second-order valence-corrected chi connectivity index (χ2v) is 5.78. The number of allylic oxidation sites excluding steroid dienone is 4. The van der Waals surface area contributed by atoms with Gasteiger partial charge in [-0.3, -0.25) is 0 Å². The van der Waals surface area contributed by atoms with Crippen molar-refractivity contribution in [3.05, 3.63) is 60.0 Å². The number of benzene rings is 1. The molecule has 0 radical (unpaired) electrons. The van der Waals surface area contributed by atoms with Gasteiger partial charge in [-0.05, 0) is 50.6 Å². The summed E-state index contributed by atoms with van der Waals surface area (Å²) in [4.78, 5) is 2.44. The fourth-order valence-electron chi connectivity index (χ4n) is 3.27. The van der Waals surface area contributed by atoms with E-state index >= 15 is 0 Å². The third kappa shape index (κ3) is 2.38. The molecule has 21 heavy (non-hydrogen) atoms. The van der Waals surface area contributed by atoms with Gasteiger partial charge in [0.2, 0.25) is 0 Å². The van der Waals surface area contributed by atoms with Gasteiger partial charge in [-0.2, -0.15) is 0 Å². The molecule has 3 nitrogen and oxygen atoms in total. The average Bonchev–Trinajstić information content (AvgIpc) is 2.72. The molecule has 0 bridgehead atoms. The number of anilines is 1. The monoisotopic (exact) mass is 280 g/mol. The van der Waals surface area contributed by atoms with Crippen molar-refractivity contribution in [2.24, 2.45) is 0 Å². The Hall–Kier alpha value is -2.00. The van der Waals surface area contributed by atoms with Crippen LogP contribution in [0.1, 0.15) is 19.3 Å². The molecule has 1 aromatic carbocycles. The van der Waals surface area contributed by atoms with E-state index in [0.717, 1.165) is 31.0 Å². The molecule has 1 fully saturated rings. The zero-order valence-electron chi connectivity index (χ0n) is 12.1. The Kier molecular flexibility index (Phi) is 3.28. The number of hydrogen-bond donors (Lipinski definition) is 1. The molecule has 0 saturated carbocycles. The molecule has 0 aromatic heterocycles. The summed E-state index contributed by atoms with van der Waals surface area (Å²) in [6, 6.07) is 8.92.